The molecule has 0 saturated carbocycles. The summed E-state index contributed by atoms with van der Waals surface area (Å²) >= 11 is 0. The lowest BCUT2D eigenvalue weighted by atomic mass is 9.80. The van der Waals surface area contributed by atoms with E-state index in [0.29, 0.717) is 50.9 Å². The third-order valence-corrected chi connectivity index (χ3v) is 30.0. The third-order valence-electron chi connectivity index (χ3n) is 21.9. The number of hydrogen-bond donors (Lipinski definition) is 0. The van der Waals surface area contributed by atoms with E-state index in [2.05, 4.69) is 89.2 Å². The molecular weight excluding hydrogens is 2080 g/mol. The molecule has 36 heteroatoms. The topological polar surface area (TPSA) is 111 Å². The molecule has 0 aliphatic heterocycles. The minimum absolute atomic E-state index is 0.0380. The van der Waals surface area contributed by atoms with Crippen molar-refractivity contribution in [1.82, 2.24) is 0 Å². The van der Waals surface area contributed by atoms with E-state index < -0.39 is 70.4 Å². The van der Waals surface area contributed by atoms with Crippen molar-refractivity contribution in [2.45, 2.75) is 190 Å². The molecule has 6 atom stereocenters. The van der Waals surface area contributed by atoms with E-state index >= 15 is 0 Å². The van der Waals surface area contributed by atoms with Gasteiger partial charge in [0.15, 0.2) is 40.8 Å². The second-order valence-electron chi connectivity index (χ2n) is 38.5. The first kappa shape index (κ1) is 126. The molecule has 0 radical (unpaired) electrons. The molecule has 0 fully saturated rings. The zero-order chi connectivity index (χ0) is 111. The van der Waals surface area contributed by atoms with Crippen LogP contribution in [0.5, 0.6) is 34.5 Å². The van der Waals surface area contributed by atoms with E-state index in [4.69, 9.17) is 56.8 Å². The van der Waals surface area contributed by atoms with Gasteiger partial charge in [-0.15, -0.1) is 0 Å². The number of benzene rings is 12. The number of alkyl halides is 18. The van der Waals surface area contributed by atoms with Crippen LogP contribution in [-0.2, 0) is 87.1 Å². The van der Waals surface area contributed by atoms with Crippen LogP contribution in [0.4, 0.5) is 79.0 Å². The molecule has 12 aromatic carbocycles. The van der Waals surface area contributed by atoms with Gasteiger partial charge < -0.3 is 56.8 Å². The van der Waals surface area contributed by atoms with Gasteiger partial charge in [0.25, 0.3) is 0 Å². The van der Waals surface area contributed by atoms with Gasteiger partial charge in [-0.25, -0.2) is 0 Å². The summed E-state index contributed by atoms with van der Waals surface area (Å²) in [5.41, 5.74) is 5.55. The van der Waals surface area contributed by atoms with Crippen LogP contribution in [0.1, 0.15) is 178 Å². The number of rotatable bonds is 30. The Bertz CT molecular complexity index is 6280. The lowest BCUT2D eigenvalue weighted by molar-refractivity contribution is -0.137. The molecule has 0 aliphatic carbocycles. The summed E-state index contributed by atoms with van der Waals surface area (Å²) < 4.78 is 303. The average molecular weight is 2210 g/mol. The van der Waals surface area contributed by atoms with Crippen LogP contribution in [0.25, 0.3) is 0 Å². The van der Waals surface area contributed by atoms with E-state index in [-0.39, 0.29) is 146 Å². The monoisotopic (exact) mass is 2210 g/mol. The van der Waals surface area contributed by atoms with E-state index in [0.717, 1.165) is 101 Å². The van der Waals surface area contributed by atoms with Crippen LogP contribution in [0.15, 0.2) is 224 Å². The first-order valence-corrected chi connectivity index (χ1v) is 52.5. The Balaban J connectivity index is 0.000000242. The highest BCUT2D eigenvalue weighted by molar-refractivity contribution is 7.57. The first-order chi connectivity index (χ1) is 69.4. The van der Waals surface area contributed by atoms with Gasteiger partial charge in [-0.2, -0.15) is 79.0 Å². The molecule has 6 unspecified atom stereocenters. The maximum absolute atomic E-state index is 13.5. The fourth-order valence-electron chi connectivity index (χ4n) is 14.8. The van der Waals surface area contributed by atoms with Gasteiger partial charge in [0.2, 0.25) is 0 Å². The van der Waals surface area contributed by atoms with E-state index in [1.807, 2.05) is 89.2 Å². The summed E-state index contributed by atoms with van der Waals surface area (Å²) in [6, 6.07) is 59.9. The Morgan fingerprint density at radius 3 is 0.779 bits per heavy atom. The van der Waals surface area contributed by atoms with Crippen LogP contribution >= 0.6 is 51.5 Å². The molecule has 12 aromatic rings. The second-order valence-corrected chi connectivity index (χ2v) is 46.5. The van der Waals surface area contributed by atoms with Crippen molar-refractivity contribution < 1.29 is 136 Å². The summed E-state index contributed by atoms with van der Waals surface area (Å²) in [7, 11) is 8.09. The molecule has 0 saturated heterocycles. The van der Waals surface area contributed by atoms with Crippen molar-refractivity contribution in [3.8, 4) is 34.5 Å². The number of aryl methyl sites for hydroxylation is 7. The molecular formula is C113H130F18O12P6. The molecule has 0 aliphatic rings. The molecule has 12 rings (SSSR count). The first-order valence-electron chi connectivity index (χ1n) is 46.5. The second kappa shape index (κ2) is 55.9. The Morgan fingerprint density at radius 2 is 0.436 bits per heavy atom. The van der Waals surface area contributed by atoms with Crippen LogP contribution < -0.4 is 92.1 Å². The minimum atomic E-state index is -4.40. The fraction of sp³-hybridized carbons (Fsp3) is 0.363. The Labute approximate surface area is 873 Å². The Morgan fingerprint density at radius 1 is 0.188 bits per heavy atom. The van der Waals surface area contributed by atoms with E-state index in [9.17, 15) is 79.0 Å². The van der Waals surface area contributed by atoms with Crippen LogP contribution in [0.2, 0.25) is 0 Å². The molecule has 12 nitrogen and oxygen atoms in total. The highest BCUT2D eigenvalue weighted by atomic mass is 31.1. The van der Waals surface area contributed by atoms with Gasteiger partial charge in [0.05, 0.1) is 33.4 Å². The average Bonchev–Trinajstić information content (AvgIpc) is 0.762. The summed E-state index contributed by atoms with van der Waals surface area (Å²) in [5.74, 6) is 3.53. The third kappa shape index (κ3) is 38.9. The van der Waals surface area contributed by atoms with E-state index in [1.165, 1.54) is 103 Å². The van der Waals surface area contributed by atoms with Crippen LogP contribution in [0.3, 0.4) is 0 Å². The number of halogens is 18. The lowest BCUT2D eigenvalue weighted by Crippen LogP contribution is -2.24. The summed E-state index contributed by atoms with van der Waals surface area (Å²) in [4.78, 5) is 0. The highest BCUT2D eigenvalue weighted by Crippen LogP contribution is 2.45. The SMILES string of the molecule is COCOc1c(C)cc(C(C)(C)C)cc1Pc1ccccc1C(F)(F)F.COCOc1c(C)cc(C)cc1Pc1ccccc1C(F)(F)F.COCOc1c(C)cccc1Pc1ccc(C)cc1C(F)(F)F.COCOc1c(Pc2ccccc2C(F)(F)F)cc(C(C)(C)C)cc1C(C)(C)C.COCOc1c(Pc2ccccc2C(F)(F)F)cc(C)cc1C(C)(C)C.COCOc1ccccc1Pc1ccc(C)cc1C(F)(F)F. The van der Waals surface area contributed by atoms with E-state index in [1.54, 1.807) is 92.7 Å². The zero-order valence-electron chi connectivity index (χ0n) is 87.8. The quantitative estimate of drug-likeness (QED) is 0.0243. The Hall–Kier alpha value is -9.48. The number of para-hydroxylation sites is 2. The fourth-order valence-corrected chi connectivity index (χ4v) is 23.2. The smallest absolute Gasteiger partial charge is 0.417 e. The molecule has 0 heterocycles. The molecule has 149 heavy (non-hydrogen) atoms. The van der Waals surface area contributed by atoms with Gasteiger partial charge in [0, 0.05) is 85.6 Å². The van der Waals surface area contributed by atoms with Crippen molar-refractivity contribution in [3.05, 3.63) is 319 Å². The van der Waals surface area contributed by atoms with Crippen LogP contribution in [-0.4, -0.2) is 83.4 Å². The van der Waals surface area contributed by atoms with Crippen LogP contribution in [0, 0.1) is 48.5 Å². The van der Waals surface area contributed by atoms with Gasteiger partial charge in [-0.1, -0.05) is 303 Å². The summed E-state index contributed by atoms with van der Waals surface area (Å²) in [6.07, 6.45) is -26.3. The predicted octanol–water partition coefficient (Wildman–Crippen LogP) is 27.3. The molecule has 0 bridgehead atoms. The minimum Gasteiger partial charge on any atom is -0.467 e. The molecule has 810 valence electrons. The normalized spacial score (nSPS) is 12.6. The van der Waals surface area contributed by atoms with Crippen molar-refractivity contribution in [2.24, 2.45) is 0 Å². The Kier molecular flexibility index (Phi) is 47.4. The van der Waals surface area contributed by atoms with Crippen molar-refractivity contribution in [3.63, 3.8) is 0 Å². The van der Waals surface area contributed by atoms with Crippen molar-refractivity contribution in [2.75, 3.05) is 83.4 Å². The standard InChI is InChI=1S/C23H30F3O2P.2C20H24F3O2P.2C17H18F3O2P.C16H16F3O2P/c1-21(2,3)15-12-17(22(4,5)6)20(28-14-27-7)19(13-15)29-18-11-9-8-10-16(18)23(24,25)26;1-13-10-14(19(2,3)4)11-17(18(13)25-12-24-5)26-16-9-7-6-8-15(16)20(21,22)23;1-13-10-15(19(2,3)4)18(25-12-24-5)17(11-13)26-16-9-7-6-8-14(16)20(21,22)23;1-11-7-8-14(13(9-11)17(18,19)20)23-15-6-4-5-12(2)16(15)22-10-21-3;1-11-8-12(2)16(22-10-21-3)15(9-11)23-14-7-5-4-6-13(14)17(18,19)20;1-11-7-8-14(12(9-11)16(17,18)19)22-15-6-4-3-5-13(15)21-10-20-2/h8-13,29H,14H2,1-7H3;2*6-11,26H,12H2,1-5H3;2*4-9,23H,10H2,1-3H3;3-9,22H,10H2,1-2H3. The predicted molar refractivity (Wildman–Crippen MR) is 576 cm³/mol. The zero-order valence-corrected chi connectivity index (χ0v) is 93.8. The van der Waals surface area contributed by atoms with Crippen molar-refractivity contribution in [1.29, 1.82) is 0 Å². The van der Waals surface area contributed by atoms with Gasteiger partial charge in [0.1, 0.15) is 34.5 Å². The van der Waals surface area contributed by atoms with Gasteiger partial charge >= 0.3 is 37.1 Å². The van der Waals surface area contributed by atoms with Crippen molar-refractivity contribution >= 4 is 115 Å². The maximum atomic E-state index is 13.5. The molecule has 0 aromatic heterocycles. The number of methoxy groups -OCH3 is 6. The summed E-state index contributed by atoms with van der Waals surface area (Å²) in [5, 5.41) is 6.01. The highest BCUT2D eigenvalue weighted by Gasteiger charge is 2.40. The largest absolute Gasteiger partial charge is 0.467 e. The molecule has 0 N–H and O–H groups in total. The van der Waals surface area contributed by atoms with Gasteiger partial charge in [-0.3, -0.25) is 0 Å². The maximum Gasteiger partial charge on any atom is 0.417 e. The number of hydrogen-bond acceptors (Lipinski definition) is 12. The van der Waals surface area contributed by atoms with Gasteiger partial charge in [-0.05, 0) is 208 Å². The lowest BCUT2D eigenvalue weighted by Gasteiger charge is -2.29. The molecule has 0 amide bonds. The summed E-state index contributed by atoms with van der Waals surface area (Å²) in [6.45, 7) is 38.0. The molecule has 0 spiro atoms. The number of ether oxygens (including phenoxy) is 12.